The topological polar surface area (TPSA) is 22.1 Å². The van der Waals surface area contributed by atoms with Crippen LogP contribution in [0.5, 0.6) is 5.75 Å². The Morgan fingerprint density at radius 3 is 2.57 bits per heavy atom. The molecule has 1 aromatic heterocycles. The highest BCUT2D eigenvalue weighted by Crippen LogP contribution is 2.41. The first-order valence-corrected chi connectivity index (χ1v) is 7.53. The summed E-state index contributed by atoms with van der Waals surface area (Å²) in [5.74, 6) is 0.649. The Hall–Kier alpha value is -1.22. The Balaban J connectivity index is 2.69. The van der Waals surface area contributed by atoms with E-state index in [-0.39, 0.29) is 0 Å². The molecule has 0 fully saturated rings. The van der Waals surface area contributed by atoms with Crippen LogP contribution in [-0.2, 0) is 6.42 Å². The molecule has 21 heavy (non-hydrogen) atoms. The van der Waals surface area contributed by atoms with Gasteiger partial charge in [0.1, 0.15) is 5.75 Å². The number of hydrogen-bond acceptors (Lipinski definition) is 2. The maximum Gasteiger partial charge on any atom is 0.135 e. The van der Waals surface area contributed by atoms with Crippen molar-refractivity contribution in [1.82, 2.24) is 4.98 Å². The SMILES string of the molecule is C=CCCOc1c(CC=C)cnc2c(Cl)cc(Cl)c(Cl)c12. The van der Waals surface area contributed by atoms with Gasteiger partial charge in [0.05, 0.1) is 32.6 Å². The van der Waals surface area contributed by atoms with Gasteiger partial charge >= 0.3 is 0 Å². The van der Waals surface area contributed by atoms with Crippen LogP contribution < -0.4 is 4.74 Å². The molecule has 0 aliphatic heterocycles. The number of aromatic nitrogens is 1. The Labute approximate surface area is 139 Å². The molecule has 5 heteroatoms. The molecule has 0 unspecified atom stereocenters. The molecule has 0 saturated heterocycles. The average Bonchev–Trinajstić information content (AvgIpc) is 2.46. The van der Waals surface area contributed by atoms with Crippen molar-refractivity contribution in [3.8, 4) is 5.75 Å². The second kappa shape index (κ2) is 7.17. The van der Waals surface area contributed by atoms with Gasteiger partial charge in [0.15, 0.2) is 0 Å². The van der Waals surface area contributed by atoms with Gasteiger partial charge in [0, 0.05) is 11.8 Å². The number of rotatable bonds is 6. The second-order valence-corrected chi connectivity index (χ2v) is 5.60. The van der Waals surface area contributed by atoms with E-state index in [0.717, 1.165) is 12.0 Å². The highest BCUT2D eigenvalue weighted by atomic mass is 35.5. The van der Waals surface area contributed by atoms with Crippen molar-refractivity contribution in [3.05, 3.63) is 58.2 Å². The molecule has 0 spiro atoms. The normalized spacial score (nSPS) is 10.6. The van der Waals surface area contributed by atoms with Crippen LogP contribution in [0.3, 0.4) is 0 Å². The fourth-order valence-corrected chi connectivity index (χ4v) is 2.73. The quantitative estimate of drug-likeness (QED) is 0.371. The Morgan fingerprint density at radius 2 is 1.90 bits per heavy atom. The van der Waals surface area contributed by atoms with Gasteiger partial charge in [-0.15, -0.1) is 13.2 Å². The number of ether oxygens (including phenoxy) is 1. The Bertz CT molecular complexity index is 698. The zero-order valence-electron chi connectivity index (χ0n) is 11.3. The van der Waals surface area contributed by atoms with E-state index < -0.39 is 0 Å². The molecule has 0 aliphatic carbocycles. The van der Waals surface area contributed by atoms with Crippen molar-refractivity contribution in [1.29, 1.82) is 0 Å². The highest BCUT2D eigenvalue weighted by Gasteiger charge is 2.17. The summed E-state index contributed by atoms with van der Waals surface area (Å²) < 4.78 is 5.87. The fraction of sp³-hybridized carbons (Fsp3) is 0.188. The van der Waals surface area contributed by atoms with Gasteiger partial charge in [-0.05, 0) is 18.9 Å². The molecule has 1 heterocycles. The number of allylic oxidation sites excluding steroid dienone is 1. The summed E-state index contributed by atoms with van der Waals surface area (Å²) in [6.07, 6.45) is 6.64. The first-order chi connectivity index (χ1) is 10.1. The van der Waals surface area contributed by atoms with Crippen LogP contribution in [0.15, 0.2) is 37.6 Å². The van der Waals surface area contributed by atoms with Crippen molar-refractivity contribution in [2.45, 2.75) is 12.8 Å². The van der Waals surface area contributed by atoms with Crippen LogP contribution >= 0.6 is 34.8 Å². The van der Waals surface area contributed by atoms with E-state index in [4.69, 9.17) is 39.5 Å². The molecule has 110 valence electrons. The molecule has 0 N–H and O–H groups in total. The molecule has 0 amide bonds. The first-order valence-electron chi connectivity index (χ1n) is 6.39. The minimum atomic E-state index is 0.375. The van der Waals surface area contributed by atoms with E-state index in [9.17, 15) is 0 Å². The molecule has 0 aliphatic rings. The minimum Gasteiger partial charge on any atom is -0.492 e. The van der Waals surface area contributed by atoms with Crippen molar-refractivity contribution < 1.29 is 4.74 Å². The third-order valence-electron chi connectivity index (χ3n) is 2.95. The molecule has 0 atom stereocenters. The van der Waals surface area contributed by atoms with Crippen LogP contribution in [0.4, 0.5) is 0 Å². The van der Waals surface area contributed by atoms with E-state index in [2.05, 4.69) is 18.1 Å². The monoisotopic (exact) mass is 341 g/mol. The summed E-state index contributed by atoms with van der Waals surface area (Å²) >= 11 is 18.7. The van der Waals surface area contributed by atoms with Crippen molar-refractivity contribution in [2.24, 2.45) is 0 Å². The lowest BCUT2D eigenvalue weighted by Crippen LogP contribution is -2.01. The summed E-state index contributed by atoms with van der Waals surface area (Å²) in [5.41, 5.74) is 1.47. The predicted octanol–water partition coefficient (Wildman–Crippen LogP) is 5.88. The molecular formula is C16H14Cl3NO. The summed E-state index contributed by atoms with van der Waals surface area (Å²) in [4.78, 5) is 4.37. The van der Waals surface area contributed by atoms with Crippen LogP contribution in [0.1, 0.15) is 12.0 Å². The van der Waals surface area contributed by atoms with E-state index >= 15 is 0 Å². The number of halogens is 3. The molecular weight excluding hydrogens is 329 g/mol. The van der Waals surface area contributed by atoms with Gasteiger partial charge in [0.25, 0.3) is 0 Å². The lowest BCUT2D eigenvalue weighted by atomic mass is 10.1. The minimum absolute atomic E-state index is 0.375. The van der Waals surface area contributed by atoms with Gasteiger partial charge in [0.2, 0.25) is 0 Å². The van der Waals surface area contributed by atoms with Gasteiger partial charge in [-0.25, -0.2) is 0 Å². The Morgan fingerprint density at radius 1 is 1.14 bits per heavy atom. The van der Waals surface area contributed by atoms with Crippen LogP contribution in [0, 0.1) is 0 Å². The number of fused-ring (bicyclic) bond motifs is 1. The third-order valence-corrected chi connectivity index (χ3v) is 4.02. The van der Waals surface area contributed by atoms with Crippen LogP contribution in [-0.4, -0.2) is 11.6 Å². The van der Waals surface area contributed by atoms with Crippen LogP contribution in [0.2, 0.25) is 15.1 Å². The zero-order valence-corrected chi connectivity index (χ0v) is 13.6. The maximum atomic E-state index is 6.33. The second-order valence-electron chi connectivity index (χ2n) is 4.41. The molecule has 0 saturated carbocycles. The fourth-order valence-electron chi connectivity index (χ4n) is 1.99. The van der Waals surface area contributed by atoms with E-state index in [1.807, 2.05) is 0 Å². The zero-order chi connectivity index (χ0) is 15.4. The van der Waals surface area contributed by atoms with E-state index in [1.54, 1.807) is 24.4 Å². The summed E-state index contributed by atoms with van der Waals surface area (Å²) in [6.45, 7) is 7.92. The lowest BCUT2D eigenvalue weighted by molar-refractivity contribution is 0.326. The first kappa shape index (κ1) is 16.2. The molecule has 1 aromatic carbocycles. The predicted molar refractivity (Wildman–Crippen MR) is 91.0 cm³/mol. The molecule has 2 aromatic rings. The average molecular weight is 343 g/mol. The van der Waals surface area contributed by atoms with Gasteiger partial charge < -0.3 is 4.74 Å². The number of benzene rings is 1. The number of pyridine rings is 1. The molecule has 0 bridgehead atoms. The van der Waals surface area contributed by atoms with Gasteiger partial charge in [-0.3, -0.25) is 4.98 Å². The molecule has 2 nitrogen and oxygen atoms in total. The van der Waals surface area contributed by atoms with Gasteiger partial charge in [-0.2, -0.15) is 0 Å². The molecule has 2 rings (SSSR count). The maximum absolute atomic E-state index is 6.33. The van der Waals surface area contributed by atoms with E-state index in [0.29, 0.717) is 44.7 Å². The smallest absolute Gasteiger partial charge is 0.135 e. The van der Waals surface area contributed by atoms with Gasteiger partial charge in [-0.1, -0.05) is 47.0 Å². The highest BCUT2D eigenvalue weighted by molar-refractivity contribution is 6.48. The summed E-state index contributed by atoms with van der Waals surface area (Å²) in [6, 6.07) is 1.58. The standard InChI is InChI=1S/C16H14Cl3NO/c1-3-5-7-21-16-10(6-4-2)9-20-15-12(18)8-11(17)14(19)13(15)16/h3-4,8-9H,1-2,5-7H2. The largest absolute Gasteiger partial charge is 0.492 e. The number of hydrogen-bond donors (Lipinski definition) is 0. The van der Waals surface area contributed by atoms with Crippen LogP contribution in [0.25, 0.3) is 10.9 Å². The Kier molecular flexibility index (Phi) is 5.51. The summed E-state index contributed by atoms with van der Waals surface area (Å²) in [7, 11) is 0. The van der Waals surface area contributed by atoms with E-state index in [1.165, 1.54) is 0 Å². The molecule has 0 radical (unpaired) electrons. The van der Waals surface area contributed by atoms with Crippen molar-refractivity contribution in [3.63, 3.8) is 0 Å². The summed E-state index contributed by atoms with van der Waals surface area (Å²) in [5, 5.41) is 1.85. The lowest BCUT2D eigenvalue weighted by Gasteiger charge is -2.15. The number of nitrogens with zero attached hydrogens (tertiary/aromatic N) is 1. The van der Waals surface area contributed by atoms with Crippen molar-refractivity contribution >= 4 is 45.7 Å². The van der Waals surface area contributed by atoms with Crippen molar-refractivity contribution in [2.75, 3.05) is 6.61 Å². The third kappa shape index (κ3) is 3.34.